The Labute approximate surface area is 143 Å². The molecule has 4 aromatic rings. The van der Waals surface area contributed by atoms with Crippen molar-refractivity contribution in [2.24, 2.45) is 0 Å². The molecule has 0 atom stereocenters. The number of pyridine rings is 1. The molecule has 0 saturated heterocycles. The number of nitrogens with zero attached hydrogens (tertiary/aromatic N) is 1. The molecule has 5 nitrogen and oxygen atoms in total. The van der Waals surface area contributed by atoms with Crippen molar-refractivity contribution in [1.82, 2.24) is 9.97 Å². The van der Waals surface area contributed by atoms with E-state index in [2.05, 4.69) is 9.97 Å². The van der Waals surface area contributed by atoms with Gasteiger partial charge in [-0.25, -0.2) is 4.98 Å². The highest BCUT2D eigenvalue weighted by molar-refractivity contribution is 5.84. The van der Waals surface area contributed by atoms with E-state index in [1.807, 2.05) is 54.6 Å². The summed E-state index contributed by atoms with van der Waals surface area (Å²) in [6.07, 6.45) is 1.98. The quantitative estimate of drug-likeness (QED) is 0.617. The summed E-state index contributed by atoms with van der Waals surface area (Å²) in [4.78, 5) is 19.7. The van der Waals surface area contributed by atoms with Gasteiger partial charge in [0.1, 0.15) is 5.75 Å². The lowest BCUT2D eigenvalue weighted by Gasteiger charge is -2.05. The van der Waals surface area contributed by atoms with Crippen LogP contribution in [0.3, 0.4) is 0 Å². The molecule has 0 saturated carbocycles. The predicted molar refractivity (Wildman–Crippen MR) is 95.9 cm³/mol. The fraction of sp³-hybridized carbons (Fsp3) is 0.100. The fourth-order valence-corrected chi connectivity index (χ4v) is 2.88. The Morgan fingerprint density at radius 2 is 1.96 bits per heavy atom. The van der Waals surface area contributed by atoms with E-state index in [-0.39, 0.29) is 5.56 Å². The summed E-state index contributed by atoms with van der Waals surface area (Å²) in [5.41, 5.74) is 2.85. The topological polar surface area (TPSA) is 68.1 Å². The van der Waals surface area contributed by atoms with Crippen LogP contribution in [0.2, 0.25) is 0 Å². The number of benzene rings is 2. The predicted octanol–water partition coefficient (Wildman–Crippen LogP) is 3.78. The van der Waals surface area contributed by atoms with E-state index in [4.69, 9.17) is 9.15 Å². The van der Waals surface area contributed by atoms with E-state index >= 15 is 0 Å². The van der Waals surface area contributed by atoms with E-state index in [0.29, 0.717) is 17.7 Å². The highest BCUT2D eigenvalue weighted by Crippen LogP contribution is 2.26. The van der Waals surface area contributed by atoms with Gasteiger partial charge in [0.05, 0.1) is 18.4 Å². The van der Waals surface area contributed by atoms with Crippen molar-refractivity contribution in [2.45, 2.75) is 6.42 Å². The second kappa shape index (κ2) is 6.28. The van der Waals surface area contributed by atoms with Crippen LogP contribution in [0.5, 0.6) is 5.75 Å². The van der Waals surface area contributed by atoms with Crippen LogP contribution in [0.4, 0.5) is 0 Å². The molecule has 124 valence electrons. The molecule has 2 heterocycles. The summed E-state index contributed by atoms with van der Waals surface area (Å²) in [6.45, 7) is 0. The summed E-state index contributed by atoms with van der Waals surface area (Å²) < 4.78 is 10.8. The molecule has 0 aliphatic heterocycles. The monoisotopic (exact) mass is 332 g/mol. The number of hydrogen-bond donors (Lipinski definition) is 1. The molecule has 0 aliphatic rings. The van der Waals surface area contributed by atoms with Crippen molar-refractivity contribution in [3.63, 3.8) is 0 Å². The van der Waals surface area contributed by atoms with Crippen LogP contribution in [-0.4, -0.2) is 17.1 Å². The molecule has 0 aliphatic carbocycles. The Morgan fingerprint density at radius 3 is 2.76 bits per heavy atom. The Hall–Kier alpha value is -3.34. The molecule has 0 fully saturated rings. The van der Waals surface area contributed by atoms with Crippen LogP contribution >= 0.6 is 0 Å². The van der Waals surface area contributed by atoms with Gasteiger partial charge in [0.25, 0.3) is 5.56 Å². The van der Waals surface area contributed by atoms with Gasteiger partial charge in [-0.15, -0.1) is 0 Å². The number of methoxy groups -OCH3 is 1. The maximum Gasteiger partial charge on any atom is 0.259 e. The second-order valence-corrected chi connectivity index (χ2v) is 5.76. The lowest BCUT2D eigenvalue weighted by Crippen LogP contribution is -2.09. The summed E-state index contributed by atoms with van der Waals surface area (Å²) in [5.74, 6) is 1.22. The number of aromatic amines is 1. The van der Waals surface area contributed by atoms with Gasteiger partial charge in [-0.3, -0.25) is 4.79 Å². The maximum absolute atomic E-state index is 12.5. The highest BCUT2D eigenvalue weighted by atomic mass is 16.5. The van der Waals surface area contributed by atoms with Crippen LogP contribution in [0, 0.1) is 0 Å². The molecule has 0 spiro atoms. The van der Waals surface area contributed by atoms with E-state index in [1.54, 1.807) is 7.11 Å². The molecule has 2 aromatic carbocycles. The normalized spacial score (nSPS) is 10.9. The molecule has 1 N–H and O–H groups in total. The van der Waals surface area contributed by atoms with E-state index < -0.39 is 0 Å². The Bertz CT molecular complexity index is 1080. The fourth-order valence-electron chi connectivity index (χ4n) is 2.88. The first kappa shape index (κ1) is 15.2. The van der Waals surface area contributed by atoms with Gasteiger partial charge in [0, 0.05) is 17.3 Å². The average molecular weight is 332 g/mol. The summed E-state index contributed by atoms with van der Waals surface area (Å²) in [6, 6.07) is 17.3. The molecular weight excluding hydrogens is 316 g/mol. The van der Waals surface area contributed by atoms with Gasteiger partial charge < -0.3 is 14.1 Å². The van der Waals surface area contributed by atoms with Crippen molar-refractivity contribution in [2.75, 3.05) is 7.11 Å². The number of rotatable bonds is 4. The molecule has 0 bridgehead atoms. The molecule has 2 aromatic heterocycles. The standard InChI is InChI=1S/C20H16N2O3/c1-24-15-7-8-17-14(10-15)11-16(20(23)22-17)19-18(21-12-25-19)9-13-5-3-2-4-6-13/h2-8,10-12H,9H2,1H3,(H,22,23). The maximum atomic E-state index is 12.5. The van der Waals surface area contributed by atoms with Gasteiger partial charge in [0.15, 0.2) is 12.2 Å². The summed E-state index contributed by atoms with van der Waals surface area (Å²) in [5, 5.41) is 0.871. The van der Waals surface area contributed by atoms with Crippen molar-refractivity contribution in [3.8, 4) is 17.1 Å². The molecular formula is C20H16N2O3. The first-order valence-corrected chi connectivity index (χ1v) is 7.92. The van der Waals surface area contributed by atoms with Crippen molar-refractivity contribution >= 4 is 10.9 Å². The number of H-pyrrole nitrogens is 1. The average Bonchev–Trinajstić information content (AvgIpc) is 3.09. The number of oxazole rings is 1. The zero-order valence-corrected chi connectivity index (χ0v) is 13.7. The summed E-state index contributed by atoms with van der Waals surface area (Å²) >= 11 is 0. The Morgan fingerprint density at radius 1 is 1.12 bits per heavy atom. The minimum atomic E-state index is -0.205. The first-order chi connectivity index (χ1) is 12.2. The van der Waals surface area contributed by atoms with Crippen LogP contribution in [-0.2, 0) is 6.42 Å². The zero-order valence-electron chi connectivity index (χ0n) is 13.7. The third-order valence-corrected chi connectivity index (χ3v) is 4.15. The minimum Gasteiger partial charge on any atom is -0.497 e. The van der Waals surface area contributed by atoms with Crippen LogP contribution < -0.4 is 10.3 Å². The number of aromatic nitrogens is 2. The van der Waals surface area contributed by atoms with Gasteiger partial charge in [-0.2, -0.15) is 0 Å². The molecule has 0 radical (unpaired) electrons. The third kappa shape index (κ3) is 2.92. The van der Waals surface area contributed by atoms with E-state index in [9.17, 15) is 4.79 Å². The van der Waals surface area contributed by atoms with Gasteiger partial charge in [-0.1, -0.05) is 30.3 Å². The molecule has 5 heteroatoms. The smallest absolute Gasteiger partial charge is 0.259 e. The van der Waals surface area contributed by atoms with Gasteiger partial charge in [-0.05, 0) is 29.8 Å². The van der Waals surface area contributed by atoms with Crippen molar-refractivity contribution in [1.29, 1.82) is 0 Å². The van der Waals surface area contributed by atoms with Gasteiger partial charge >= 0.3 is 0 Å². The number of fused-ring (bicyclic) bond motifs is 1. The van der Waals surface area contributed by atoms with Crippen molar-refractivity contribution in [3.05, 3.63) is 82.6 Å². The summed E-state index contributed by atoms with van der Waals surface area (Å²) in [7, 11) is 1.61. The number of hydrogen-bond acceptors (Lipinski definition) is 4. The zero-order chi connectivity index (χ0) is 17.2. The third-order valence-electron chi connectivity index (χ3n) is 4.15. The Kier molecular flexibility index (Phi) is 3.82. The van der Waals surface area contributed by atoms with Crippen molar-refractivity contribution < 1.29 is 9.15 Å². The molecule has 0 amide bonds. The van der Waals surface area contributed by atoms with Crippen LogP contribution in [0.25, 0.3) is 22.2 Å². The van der Waals surface area contributed by atoms with E-state index in [1.165, 1.54) is 6.39 Å². The number of nitrogens with one attached hydrogen (secondary N) is 1. The molecule has 4 rings (SSSR count). The van der Waals surface area contributed by atoms with Crippen LogP contribution in [0.15, 0.2) is 70.2 Å². The largest absolute Gasteiger partial charge is 0.497 e. The van der Waals surface area contributed by atoms with Crippen LogP contribution in [0.1, 0.15) is 11.3 Å². The van der Waals surface area contributed by atoms with E-state index in [0.717, 1.165) is 27.9 Å². The highest BCUT2D eigenvalue weighted by Gasteiger charge is 2.16. The lowest BCUT2D eigenvalue weighted by molar-refractivity contribution is 0.415. The minimum absolute atomic E-state index is 0.205. The molecule has 0 unspecified atom stereocenters. The molecule has 25 heavy (non-hydrogen) atoms. The SMILES string of the molecule is COc1ccc2[nH]c(=O)c(-c3ocnc3Cc3ccccc3)cc2c1. The number of ether oxygens (including phenoxy) is 1. The van der Waals surface area contributed by atoms with Gasteiger partial charge in [0.2, 0.25) is 0 Å². The first-order valence-electron chi connectivity index (χ1n) is 7.92. The lowest BCUT2D eigenvalue weighted by atomic mass is 10.0. The second-order valence-electron chi connectivity index (χ2n) is 5.76. The Balaban J connectivity index is 1.81.